The van der Waals surface area contributed by atoms with Gasteiger partial charge in [-0.1, -0.05) is 0 Å². The molecule has 1 aliphatic rings. The van der Waals surface area contributed by atoms with Crippen molar-refractivity contribution in [2.75, 3.05) is 6.54 Å². The first kappa shape index (κ1) is 15.7. The zero-order chi connectivity index (χ0) is 17.4. The summed E-state index contributed by atoms with van der Waals surface area (Å²) in [7, 11) is 0. The SMILES string of the molecule is Cc1cc2nc([C@@H]3CCCN3C(=O)CCn3cnnn3)[nH]c2cc1C. The third-order valence-corrected chi connectivity index (χ3v) is 4.95. The quantitative estimate of drug-likeness (QED) is 0.784. The number of aromatic amines is 1. The highest BCUT2D eigenvalue weighted by Crippen LogP contribution is 2.32. The van der Waals surface area contributed by atoms with Crippen LogP contribution in [0.3, 0.4) is 0 Å². The number of imidazole rings is 1. The van der Waals surface area contributed by atoms with Crippen molar-refractivity contribution in [3.63, 3.8) is 0 Å². The molecule has 0 saturated carbocycles. The predicted molar refractivity (Wildman–Crippen MR) is 91.7 cm³/mol. The van der Waals surface area contributed by atoms with E-state index in [1.807, 2.05) is 4.90 Å². The molecule has 130 valence electrons. The molecular formula is C17H21N7O. The second kappa shape index (κ2) is 6.27. The van der Waals surface area contributed by atoms with E-state index >= 15 is 0 Å². The Hall–Kier alpha value is -2.77. The summed E-state index contributed by atoms with van der Waals surface area (Å²) in [6.45, 7) is 5.45. The van der Waals surface area contributed by atoms with Crippen LogP contribution in [0, 0.1) is 13.8 Å². The van der Waals surface area contributed by atoms with Gasteiger partial charge in [-0.25, -0.2) is 9.67 Å². The maximum atomic E-state index is 12.7. The van der Waals surface area contributed by atoms with E-state index in [9.17, 15) is 4.79 Å². The van der Waals surface area contributed by atoms with E-state index in [0.717, 1.165) is 36.2 Å². The first-order chi connectivity index (χ1) is 12.1. The molecule has 0 spiro atoms. The molecular weight excluding hydrogens is 318 g/mol. The number of fused-ring (bicyclic) bond motifs is 1. The fraction of sp³-hybridized carbons (Fsp3) is 0.471. The van der Waals surface area contributed by atoms with Crippen molar-refractivity contribution in [1.82, 2.24) is 35.1 Å². The Kier molecular flexibility index (Phi) is 3.95. The normalized spacial score (nSPS) is 17.5. The fourth-order valence-electron chi connectivity index (χ4n) is 3.43. The van der Waals surface area contributed by atoms with Gasteiger partial charge in [0.2, 0.25) is 5.91 Å². The van der Waals surface area contributed by atoms with E-state index in [2.05, 4.69) is 46.5 Å². The Bertz CT molecular complexity index is 860. The average Bonchev–Trinajstić information content (AvgIpc) is 3.33. The van der Waals surface area contributed by atoms with Crippen molar-refractivity contribution in [3.05, 3.63) is 35.4 Å². The third kappa shape index (κ3) is 2.99. The number of nitrogens with zero attached hydrogens (tertiary/aromatic N) is 6. The van der Waals surface area contributed by atoms with E-state index in [0.29, 0.717) is 13.0 Å². The maximum Gasteiger partial charge on any atom is 0.225 e. The lowest BCUT2D eigenvalue weighted by atomic mass is 10.1. The lowest BCUT2D eigenvalue weighted by molar-refractivity contribution is -0.132. The lowest BCUT2D eigenvalue weighted by Gasteiger charge is -2.23. The zero-order valence-electron chi connectivity index (χ0n) is 14.4. The number of amides is 1. The number of hydrogen-bond donors (Lipinski definition) is 1. The lowest BCUT2D eigenvalue weighted by Crippen LogP contribution is -2.31. The minimum atomic E-state index is 0.0226. The molecule has 1 atom stereocenters. The number of carbonyl (C=O) groups excluding carboxylic acids is 1. The average molecular weight is 339 g/mol. The first-order valence-electron chi connectivity index (χ1n) is 8.59. The number of hydrogen-bond acceptors (Lipinski definition) is 5. The highest BCUT2D eigenvalue weighted by Gasteiger charge is 2.31. The fourth-order valence-corrected chi connectivity index (χ4v) is 3.43. The molecule has 0 unspecified atom stereocenters. The molecule has 1 amide bonds. The third-order valence-electron chi connectivity index (χ3n) is 4.95. The summed E-state index contributed by atoms with van der Waals surface area (Å²) in [6, 6.07) is 4.25. The van der Waals surface area contributed by atoms with Crippen LogP contribution in [0.4, 0.5) is 0 Å². The van der Waals surface area contributed by atoms with Crippen LogP contribution in [-0.4, -0.2) is 47.5 Å². The number of H-pyrrole nitrogens is 1. The molecule has 3 aromatic rings. The topological polar surface area (TPSA) is 92.6 Å². The Morgan fingerprint density at radius 3 is 2.96 bits per heavy atom. The van der Waals surface area contributed by atoms with Crippen LogP contribution in [0.2, 0.25) is 0 Å². The number of rotatable bonds is 4. The molecule has 2 aromatic heterocycles. The van der Waals surface area contributed by atoms with Gasteiger partial charge in [-0.2, -0.15) is 0 Å². The molecule has 1 aliphatic heterocycles. The molecule has 0 radical (unpaired) electrons. The van der Waals surface area contributed by atoms with Gasteiger partial charge in [-0.05, 0) is 60.4 Å². The predicted octanol–water partition coefficient (Wildman–Crippen LogP) is 1.92. The van der Waals surface area contributed by atoms with E-state index in [-0.39, 0.29) is 11.9 Å². The highest BCUT2D eigenvalue weighted by molar-refractivity contribution is 5.79. The monoisotopic (exact) mass is 339 g/mol. The van der Waals surface area contributed by atoms with Gasteiger partial charge in [0.25, 0.3) is 0 Å². The number of nitrogens with one attached hydrogen (secondary N) is 1. The first-order valence-corrected chi connectivity index (χ1v) is 8.59. The molecule has 0 bridgehead atoms. The van der Waals surface area contributed by atoms with Crippen molar-refractivity contribution >= 4 is 16.9 Å². The number of aromatic nitrogens is 6. The molecule has 25 heavy (non-hydrogen) atoms. The molecule has 0 aliphatic carbocycles. The van der Waals surface area contributed by atoms with Crippen molar-refractivity contribution < 1.29 is 4.79 Å². The summed E-state index contributed by atoms with van der Waals surface area (Å²) in [5, 5.41) is 11.0. The summed E-state index contributed by atoms with van der Waals surface area (Å²) < 4.78 is 1.58. The number of benzene rings is 1. The largest absolute Gasteiger partial charge is 0.340 e. The summed E-state index contributed by atoms with van der Waals surface area (Å²) in [6.07, 6.45) is 3.85. The summed E-state index contributed by atoms with van der Waals surface area (Å²) in [5.41, 5.74) is 4.46. The van der Waals surface area contributed by atoms with Crippen molar-refractivity contribution in [2.45, 2.75) is 45.7 Å². The maximum absolute atomic E-state index is 12.7. The van der Waals surface area contributed by atoms with Gasteiger partial charge in [0, 0.05) is 13.0 Å². The van der Waals surface area contributed by atoms with Crippen molar-refractivity contribution in [3.8, 4) is 0 Å². The smallest absolute Gasteiger partial charge is 0.225 e. The molecule has 4 rings (SSSR count). The Labute approximate surface area is 145 Å². The molecule has 1 aromatic carbocycles. The number of likely N-dealkylation sites (tertiary alicyclic amines) is 1. The van der Waals surface area contributed by atoms with Gasteiger partial charge < -0.3 is 9.88 Å². The van der Waals surface area contributed by atoms with Gasteiger partial charge in [0.05, 0.1) is 23.6 Å². The van der Waals surface area contributed by atoms with E-state index in [1.165, 1.54) is 17.5 Å². The van der Waals surface area contributed by atoms with Crippen LogP contribution in [0.5, 0.6) is 0 Å². The number of carbonyl (C=O) groups is 1. The summed E-state index contributed by atoms with van der Waals surface area (Å²) >= 11 is 0. The minimum Gasteiger partial charge on any atom is -0.340 e. The van der Waals surface area contributed by atoms with Crippen LogP contribution in [0.1, 0.15) is 42.3 Å². The van der Waals surface area contributed by atoms with Gasteiger partial charge in [0.15, 0.2) is 0 Å². The molecule has 1 N–H and O–H groups in total. The van der Waals surface area contributed by atoms with Gasteiger partial charge in [-0.15, -0.1) is 5.10 Å². The zero-order valence-corrected chi connectivity index (χ0v) is 14.4. The van der Waals surface area contributed by atoms with Crippen LogP contribution in [0.25, 0.3) is 11.0 Å². The van der Waals surface area contributed by atoms with Gasteiger partial charge >= 0.3 is 0 Å². The van der Waals surface area contributed by atoms with Crippen molar-refractivity contribution in [1.29, 1.82) is 0 Å². The molecule has 8 heteroatoms. The molecule has 1 fully saturated rings. The summed E-state index contributed by atoms with van der Waals surface area (Å²) in [4.78, 5) is 22.8. The molecule has 1 saturated heterocycles. The van der Waals surface area contributed by atoms with Crippen LogP contribution >= 0.6 is 0 Å². The second-order valence-electron chi connectivity index (χ2n) is 6.64. The van der Waals surface area contributed by atoms with Gasteiger partial charge in [0.1, 0.15) is 12.2 Å². The van der Waals surface area contributed by atoms with Gasteiger partial charge in [-0.3, -0.25) is 4.79 Å². The second-order valence-corrected chi connectivity index (χ2v) is 6.64. The Balaban J connectivity index is 1.53. The Morgan fingerprint density at radius 1 is 1.32 bits per heavy atom. The molecule has 3 heterocycles. The van der Waals surface area contributed by atoms with Crippen LogP contribution < -0.4 is 0 Å². The number of tetrazole rings is 1. The van der Waals surface area contributed by atoms with Crippen LogP contribution in [-0.2, 0) is 11.3 Å². The minimum absolute atomic E-state index is 0.0226. The van der Waals surface area contributed by atoms with E-state index in [4.69, 9.17) is 4.98 Å². The van der Waals surface area contributed by atoms with Crippen molar-refractivity contribution in [2.24, 2.45) is 0 Å². The number of aryl methyl sites for hydroxylation is 3. The molecule has 8 nitrogen and oxygen atoms in total. The highest BCUT2D eigenvalue weighted by atomic mass is 16.2. The van der Waals surface area contributed by atoms with E-state index in [1.54, 1.807) is 4.68 Å². The van der Waals surface area contributed by atoms with E-state index < -0.39 is 0 Å². The Morgan fingerprint density at radius 2 is 2.16 bits per heavy atom. The standard InChI is InChI=1S/C17H21N7O/c1-11-8-13-14(9-12(11)2)20-17(19-13)15-4-3-6-24(15)16(25)5-7-23-10-18-21-22-23/h8-10,15H,3-7H2,1-2H3,(H,19,20)/t15-/m0/s1. The summed E-state index contributed by atoms with van der Waals surface area (Å²) in [5.74, 6) is 0.999. The van der Waals surface area contributed by atoms with Crippen LogP contribution in [0.15, 0.2) is 18.5 Å².